The Morgan fingerprint density at radius 2 is 1.83 bits per heavy atom. The molecule has 2 N–H and O–H groups in total. The number of carbonyl (C=O) groups is 1. The first-order chi connectivity index (χ1) is 14.3. The summed E-state index contributed by atoms with van der Waals surface area (Å²) in [6.07, 6.45) is 3.74. The van der Waals surface area contributed by atoms with E-state index in [1.54, 1.807) is 6.21 Å². The average molecular weight is 383 g/mol. The number of hydrogen-bond donors (Lipinski definition) is 2. The molecule has 4 rings (SSSR count). The van der Waals surface area contributed by atoms with Gasteiger partial charge in [-0.25, -0.2) is 5.43 Å². The van der Waals surface area contributed by atoms with Crippen molar-refractivity contribution in [2.24, 2.45) is 5.10 Å². The van der Waals surface area contributed by atoms with Gasteiger partial charge in [0.1, 0.15) is 12.4 Å². The minimum atomic E-state index is -0.164. The van der Waals surface area contributed by atoms with Crippen molar-refractivity contribution in [2.75, 3.05) is 0 Å². The number of aromatic nitrogens is 1. The van der Waals surface area contributed by atoms with Crippen molar-refractivity contribution in [1.82, 2.24) is 10.4 Å². The van der Waals surface area contributed by atoms with E-state index in [0.29, 0.717) is 6.61 Å². The second-order valence-electron chi connectivity index (χ2n) is 6.68. The molecule has 3 aromatic carbocycles. The predicted molar refractivity (Wildman–Crippen MR) is 115 cm³/mol. The maximum Gasteiger partial charge on any atom is 0.244 e. The molecule has 144 valence electrons. The molecule has 0 aliphatic heterocycles. The summed E-state index contributed by atoms with van der Waals surface area (Å²) in [5.41, 5.74) is 6.51. The Morgan fingerprint density at radius 3 is 2.72 bits per heavy atom. The number of aromatic amines is 1. The normalized spacial score (nSPS) is 11.0. The van der Waals surface area contributed by atoms with Gasteiger partial charge in [0.15, 0.2) is 0 Å². The summed E-state index contributed by atoms with van der Waals surface area (Å²) >= 11 is 0. The van der Waals surface area contributed by atoms with E-state index < -0.39 is 0 Å². The van der Waals surface area contributed by atoms with Crippen molar-refractivity contribution < 1.29 is 9.53 Å². The summed E-state index contributed by atoms with van der Waals surface area (Å²) in [6, 6.07) is 25.5. The van der Waals surface area contributed by atoms with Gasteiger partial charge in [-0.15, -0.1) is 0 Å². The molecular formula is C24H21N3O2. The second-order valence-corrected chi connectivity index (χ2v) is 6.68. The lowest BCUT2D eigenvalue weighted by atomic mass is 10.1. The number of H-pyrrole nitrogens is 1. The molecule has 0 saturated heterocycles. The van der Waals surface area contributed by atoms with Gasteiger partial charge in [0.2, 0.25) is 5.91 Å². The Hall–Kier alpha value is -3.86. The highest BCUT2D eigenvalue weighted by molar-refractivity contribution is 5.89. The third kappa shape index (κ3) is 4.90. The number of fused-ring (bicyclic) bond motifs is 1. The lowest BCUT2D eigenvalue weighted by molar-refractivity contribution is -0.120. The Kier molecular flexibility index (Phi) is 5.67. The fourth-order valence-corrected chi connectivity index (χ4v) is 3.09. The minimum Gasteiger partial charge on any atom is -0.489 e. The molecule has 1 heterocycles. The van der Waals surface area contributed by atoms with Crippen LogP contribution in [0.5, 0.6) is 5.75 Å². The smallest absolute Gasteiger partial charge is 0.244 e. The van der Waals surface area contributed by atoms with E-state index in [2.05, 4.69) is 15.5 Å². The van der Waals surface area contributed by atoms with E-state index in [9.17, 15) is 4.79 Å². The minimum absolute atomic E-state index is 0.164. The Bertz CT molecular complexity index is 1130. The molecule has 1 amide bonds. The largest absolute Gasteiger partial charge is 0.489 e. The van der Waals surface area contributed by atoms with Gasteiger partial charge in [-0.2, -0.15) is 5.10 Å². The zero-order valence-electron chi connectivity index (χ0n) is 15.8. The first kappa shape index (κ1) is 18.5. The zero-order chi connectivity index (χ0) is 19.9. The summed E-state index contributed by atoms with van der Waals surface area (Å²) in [5.74, 6) is 0.588. The van der Waals surface area contributed by atoms with Gasteiger partial charge in [0.05, 0.1) is 12.6 Å². The molecule has 0 atom stereocenters. The van der Waals surface area contributed by atoms with Crippen molar-refractivity contribution in [3.63, 3.8) is 0 Å². The Balaban J connectivity index is 1.32. The molecule has 0 bridgehead atoms. The van der Waals surface area contributed by atoms with Crippen LogP contribution in [0.4, 0.5) is 0 Å². The number of para-hydroxylation sites is 1. The number of nitrogens with one attached hydrogen (secondary N) is 2. The number of hydrazone groups is 1. The van der Waals surface area contributed by atoms with Gasteiger partial charge in [-0.3, -0.25) is 4.79 Å². The number of ether oxygens (including phenoxy) is 1. The maximum absolute atomic E-state index is 12.2. The molecule has 0 aliphatic rings. The van der Waals surface area contributed by atoms with Gasteiger partial charge < -0.3 is 9.72 Å². The second kappa shape index (κ2) is 8.89. The number of amides is 1. The molecule has 4 aromatic rings. The van der Waals surface area contributed by atoms with Gasteiger partial charge in [0, 0.05) is 17.1 Å². The Morgan fingerprint density at radius 1 is 1.00 bits per heavy atom. The topological polar surface area (TPSA) is 66.5 Å². The van der Waals surface area contributed by atoms with E-state index in [-0.39, 0.29) is 12.3 Å². The summed E-state index contributed by atoms with van der Waals surface area (Å²) in [5, 5.41) is 5.12. The molecular weight excluding hydrogens is 362 g/mol. The fourth-order valence-electron chi connectivity index (χ4n) is 3.09. The highest BCUT2D eigenvalue weighted by atomic mass is 16.5. The monoisotopic (exact) mass is 383 g/mol. The average Bonchev–Trinajstić information content (AvgIpc) is 3.16. The molecule has 0 aliphatic carbocycles. The fraction of sp³-hybridized carbons (Fsp3) is 0.0833. The number of carbonyl (C=O) groups excluding carboxylic acids is 1. The predicted octanol–water partition coefficient (Wildman–Crippen LogP) is 4.44. The quantitative estimate of drug-likeness (QED) is 0.366. The number of nitrogens with zero attached hydrogens (tertiary/aromatic N) is 1. The van der Waals surface area contributed by atoms with E-state index in [1.165, 1.54) is 0 Å². The van der Waals surface area contributed by atoms with Crippen molar-refractivity contribution >= 4 is 23.0 Å². The van der Waals surface area contributed by atoms with Gasteiger partial charge in [-0.05, 0) is 34.9 Å². The van der Waals surface area contributed by atoms with Crippen LogP contribution in [0.2, 0.25) is 0 Å². The Labute approximate surface area is 169 Å². The summed E-state index contributed by atoms with van der Waals surface area (Å²) < 4.78 is 5.82. The van der Waals surface area contributed by atoms with Crippen LogP contribution < -0.4 is 10.2 Å². The third-order valence-corrected chi connectivity index (χ3v) is 4.54. The van der Waals surface area contributed by atoms with Crippen LogP contribution in [0.3, 0.4) is 0 Å². The van der Waals surface area contributed by atoms with E-state index in [0.717, 1.165) is 33.3 Å². The summed E-state index contributed by atoms with van der Waals surface area (Å²) in [6.45, 7) is 0.503. The molecule has 29 heavy (non-hydrogen) atoms. The van der Waals surface area contributed by atoms with Gasteiger partial charge in [-0.1, -0.05) is 60.7 Å². The summed E-state index contributed by atoms with van der Waals surface area (Å²) in [4.78, 5) is 15.4. The summed E-state index contributed by atoms with van der Waals surface area (Å²) in [7, 11) is 0. The van der Waals surface area contributed by atoms with E-state index >= 15 is 0 Å². The van der Waals surface area contributed by atoms with Crippen molar-refractivity contribution in [1.29, 1.82) is 0 Å². The first-order valence-corrected chi connectivity index (χ1v) is 9.41. The molecule has 0 spiro atoms. The van der Waals surface area contributed by atoms with Crippen molar-refractivity contribution in [2.45, 2.75) is 13.0 Å². The van der Waals surface area contributed by atoms with Crippen LogP contribution in [0, 0.1) is 0 Å². The number of rotatable bonds is 7. The maximum atomic E-state index is 12.2. The lowest BCUT2D eigenvalue weighted by Gasteiger charge is -2.06. The molecule has 0 fully saturated rings. The number of benzene rings is 3. The van der Waals surface area contributed by atoms with Crippen LogP contribution in [-0.4, -0.2) is 17.1 Å². The highest BCUT2D eigenvalue weighted by Gasteiger charge is 2.07. The standard InChI is InChI=1S/C24H21N3O2/c28-24(14-20-16-25-23-12-5-4-11-22(20)23)27-26-15-19-9-6-10-21(13-19)29-17-18-7-2-1-3-8-18/h1-13,15-16,25H,14,17H2,(H,27,28). The first-order valence-electron chi connectivity index (χ1n) is 9.41. The van der Waals surface area contributed by atoms with Crippen LogP contribution in [0.1, 0.15) is 16.7 Å². The van der Waals surface area contributed by atoms with Crippen molar-refractivity contribution in [3.8, 4) is 5.75 Å². The zero-order valence-corrected chi connectivity index (χ0v) is 15.8. The molecule has 0 unspecified atom stereocenters. The van der Waals surface area contributed by atoms with Gasteiger partial charge in [0.25, 0.3) is 0 Å². The molecule has 5 nitrogen and oxygen atoms in total. The lowest BCUT2D eigenvalue weighted by Crippen LogP contribution is -2.19. The third-order valence-electron chi connectivity index (χ3n) is 4.54. The van der Waals surface area contributed by atoms with Crippen LogP contribution in [0.15, 0.2) is 90.2 Å². The SMILES string of the molecule is O=C(Cc1c[nH]c2ccccc12)NN=Cc1cccc(OCc2ccccc2)c1. The van der Waals surface area contributed by atoms with E-state index in [1.807, 2.05) is 85.1 Å². The highest BCUT2D eigenvalue weighted by Crippen LogP contribution is 2.18. The molecule has 1 aromatic heterocycles. The van der Waals surface area contributed by atoms with Crippen LogP contribution >= 0.6 is 0 Å². The van der Waals surface area contributed by atoms with Crippen LogP contribution in [-0.2, 0) is 17.8 Å². The van der Waals surface area contributed by atoms with Crippen LogP contribution in [0.25, 0.3) is 10.9 Å². The molecule has 5 heteroatoms. The molecule has 0 saturated carbocycles. The number of hydrogen-bond acceptors (Lipinski definition) is 3. The van der Waals surface area contributed by atoms with Crippen molar-refractivity contribution in [3.05, 3.63) is 102 Å². The van der Waals surface area contributed by atoms with E-state index in [4.69, 9.17) is 4.74 Å². The molecule has 0 radical (unpaired) electrons. The van der Waals surface area contributed by atoms with Gasteiger partial charge >= 0.3 is 0 Å².